The third kappa shape index (κ3) is 4.55. The van der Waals surface area contributed by atoms with E-state index in [1.54, 1.807) is 0 Å². The molecular weight excluding hydrogens is 309 g/mol. The number of benzene rings is 1. The van der Waals surface area contributed by atoms with E-state index in [0.29, 0.717) is 25.9 Å². The van der Waals surface area contributed by atoms with Gasteiger partial charge in [-0.25, -0.2) is 0 Å². The molecule has 0 aliphatic carbocycles. The van der Waals surface area contributed by atoms with Crippen LogP contribution in [0.1, 0.15) is 24.4 Å². The van der Waals surface area contributed by atoms with Crippen LogP contribution < -0.4 is 11.5 Å². The highest BCUT2D eigenvalue weighted by Gasteiger charge is 2.49. The summed E-state index contributed by atoms with van der Waals surface area (Å²) in [6.45, 7) is 1.33. The second-order valence-corrected chi connectivity index (χ2v) is 6.67. The second-order valence-electron chi connectivity index (χ2n) is 6.67. The Kier molecular flexibility index (Phi) is 6.37. The zero-order valence-corrected chi connectivity index (χ0v) is 13.7. The Morgan fingerprint density at radius 1 is 1.38 bits per heavy atom. The number of rotatable bonds is 8. The summed E-state index contributed by atoms with van der Waals surface area (Å²) in [6.07, 6.45) is 1.28. The Balaban J connectivity index is 1.99. The normalized spacial score (nSPS) is 25.6. The van der Waals surface area contributed by atoms with Gasteiger partial charge in [-0.3, -0.25) is 9.69 Å². The van der Waals surface area contributed by atoms with Gasteiger partial charge in [0, 0.05) is 31.6 Å². The fourth-order valence-electron chi connectivity index (χ4n) is 3.40. The number of likely N-dealkylation sites (tertiary alicyclic amines) is 1. The molecule has 0 saturated carbocycles. The Bertz CT molecular complexity index is 545. The molecule has 8 heteroatoms. The molecule has 1 aliphatic heterocycles. The van der Waals surface area contributed by atoms with Gasteiger partial charge in [-0.15, -0.1) is 0 Å². The molecule has 0 amide bonds. The van der Waals surface area contributed by atoms with Gasteiger partial charge in [0.05, 0.1) is 0 Å². The molecule has 1 aliphatic rings. The number of aliphatic carboxylic acids is 1. The lowest BCUT2D eigenvalue weighted by molar-refractivity contribution is -0.144. The van der Waals surface area contributed by atoms with Crippen molar-refractivity contribution in [2.45, 2.75) is 30.7 Å². The summed E-state index contributed by atoms with van der Waals surface area (Å²) < 4.78 is 0. The van der Waals surface area contributed by atoms with Gasteiger partial charge in [-0.1, -0.05) is 36.8 Å². The highest BCUT2D eigenvalue weighted by molar-refractivity contribution is 6.40. The highest BCUT2D eigenvalue weighted by Crippen LogP contribution is 2.31. The van der Waals surface area contributed by atoms with E-state index in [4.69, 9.17) is 21.5 Å². The van der Waals surface area contributed by atoms with E-state index in [2.05, 4.69) is 0 Å². The number of carboxylic acids is 1. The lowest BCUT2D eigenvalue weighted by Crippen LogP contribution is -2.55. The van der Waals surface area contributed by atoms with E-state index in [9.17, 15) is 9.90 Å². The largest absolute Gasteiger partial charge is 0.480 e. The zero-order valence-electron chi connectivity index (χ0n) is 13.7. The molecule has 2 rings (SSSR count). The maximum absolute atomic E-state index is 11.7. The molecule has 0 unspecified atom stereocenters. The molecule has 1 aromatic rings. The molecule has 7 N–H and O–H groups in total. The summed E-state index contributed by atoms with van der Waals surface area (Å²) in [4.78, 5) is 13.6. The second kappa shape index (κ2) is 8.09. The summed E-state index contributed by atoms with van der Waals surface area (Å²) in [5.41, 5.74) is 12.1. The number of carboxylic acid groups (broad SMARTS) is 1. The quantitative estimate of drug-likeness (QED) is 0.410. The lowest BCUT2D eigenvalue weighted by atomic mass is 9.78. The van der Waals surface area contributed by atoms with Crippen molar-refractivity contribution in [2.75, 3.05) is 19.6 Å². The highest BCUT2D eigenvalue weighted by atomic mass is 16.4. The van der Waals surface area contributed by atoms with Crippen molar-refractivity contribution in [2.24, 2.45) is 17.4 Å². The van der Waals surface area contributed by atoms with E-state index in [-0.39, 0.29) is 24.8 Å². The number of carbonyl (C=O) groups is 1. The Morgan fingerprint density at radius 2 is 2.04 bits per heavy atom. The number of hydrogen-bond acceptors (Lipinski definition) is 6. The molecule has 1 fully saturated rings. The molecule has 0 aromatic heterocycles. The van der Waals surface area contributed by atoms with Crippen molar-refractivity contribution in [3.63, 3.8) is 0 Å². The Labute approximate surface area is 142 Å². The third-order valence-corrected chi connectivity index (χ3v) is 4.79. The summed E-state index contributed by atoms with van der Waals surface area (Å²) in [5, 5.41) is 27.4. The lowest BCUT2D eigenvalue weighted by Gasteiger charge is -2.25. The first-order valence-electron chi connectivity index (χ1n) is 8.24. The summed E-state index contributed by atoms with van der Waals surface area (Å²) in [5.74, 6) is -1.26. The molecule has 1 heterocycles. The maximum atomic E-state index is 11.7. The van der Waals surface area contributed by atoms with E-state index in [1.165, 1.54) is 0 Å². The molecule has 0 bridgehead atoms. The van der Waals surface area contributed by atoms with Crippen molar-refractivity contribution in [3.8, 4) is 0 Å². The van der Waals surface area contributed by atoms with Crippen LogP contribution in [0.2, 0.25) is 6.32 Å². The molecule has 132 valence electrons. The van der Waals surface area contributed by atoms with Crippen molar-refractivity contribution in [1.29, 1.82) is 0 Å². The summed E-state index contributed by atoms with van der Waals surface area (Å²) >= 11 is 0. The Morgan fingerprint density at radius 3 is 2.62 bits per heavy atom. The molecule has 1 aromatic carbocycles. The SMILES string of the molecule is N[C@H](CN1C[C@H](CCCB(O)O)[C@](N)(C(=O)O)C1)c1ccccc1. The monoisotopic (exact) mass is 335 g/mol. The fraction of sp³-hybridized carbons (Fsp3) is 0.562. The van der Waals surface area contributed by atoms with Crippen LogP contribution in [0.15, 0.2) is 30.3 Å². The smallest absolute Gasteiger partial charge is 0.451 e. The van der Waals surface area contributed by atoms with Gasteiger partial charge < -0.3 is 26.6 Å². The van der Waals surface area contributed by atoms with E-state index >= 15 is 0 Å². The van der Waals surface area contributed by atoms with E-state index in [0.717, 1.165) is 5.56 Å². The maximum Gasteiger partial charge on any atom is 0.451 e. The molecule has 0 radical (unpaired) electrons. The van der Waals surface area contributed by atoms with Crippen LogP contribution in [0.4, 0.5) is 0 Å². The minimum atomic E-state index is -1.37. The van der Waals surface area contributed by atoms with Crippen LogP contribution in [-0.2, 0) is 4.79 Å². The van der Waals surface area contributed by atoms with Crippen molar-refractivity contribution in [3.05, 3.63) is 35.9 Å². The van der Waals surface area contributed by atoms with Crippen LogP contribution in [0, 0.1) is 5.92 Å². The topological polar surface area (TPSA) is 133 Å². The molecule has 3 atom stereocenters. The molecular formula is C16H26BN3O4. The van der Waals surface area contributed by atoms with Gasteiger partial charge in [-0.2, -0.15) is 0 Å². The standard InChI is InChI=1S/C16H26BN3O4/c18-14(12-5-2-1-3-6-12)10-20-9-13(7-4-8-17(23)24)16(19,11-20)15(21)22/h1-3,5-6,13-14,23-24H,4,7-11,18-19H2,(H,21,22)/t13-,14+,16-/m0/s1. The van der Waals surface area contributed by atoms with Gasteiger partial charge in [0.15, 0.2) is 0 Å². The van der Waals surface area contributed by atoms with Crippen LogP contribution in [0.3, 0.4) is 0 Å². The first kappa shape index (κ1) is 18.9. The van der Waals surface area contributed by atoms with Crippen LogP contribution >= 0.6 is 0 Å². The Hall–Kier alpha value is -1.45. The summed E-state index contributed by atoms with van der Waals surface area (Å²) in [7, 11) is -1.37. The number of nitrogens with two attached hydrogens (primary N) is 2. The number of nitrogens with zero attached hydrogens (tertiary/aromatic N) is 1. The van der Waals surface area contributed by atoms with Crippen LogP contribution in [-0.4, -0.2) is 58.3 Å². The minimum Gasteiger partial charge on any atom is -0.480 e. The average Bonchev–Trinajstić information content (AvgIpc) is 2.85. The van der Waals surface area contributed by atoms with Crippen LogP contribution in [0.5, 0.6) is 0 Å². The summed E-state index contributed by atoms with van der Waals surface area (Å²) in [6, 6.07) is 9.47. The molecule has 0 spiro atoms. The van der Waals surface area contributed by atoms with Crippen molar-refractivity contribution < 1.29 is 19.9 Å². The van der Waals surface area contributed by atoms with Gasteiger partial charge in [0.2, 0.25) is 0 Å². The average molecular weight is 335 g/mol. The third-order valence-electron chi connectivity index (χ3n) is 4.79. The first-order valence-corrected chi connectivity index (χ1v) is 8.24. The van der Waals surface area contributed by atoms with Gasteiger partial charge >= 0.3 is 13.1 Å². The van der Waals surface area contributed by atoms with Crippen molar-refractivity contribution in [1.82, 2.24) is 4.90 Å². The van der Waals surface area contributed by atoms with Crippen LogP contribution in [0.25, 0.3) is 0 Å². The van der Waals surface area contributed by atoms with Gasteiger partial charge in [-0.05, 0) is 18.3 Å². The zero-order chi connectivity index (χ0) is 17.7. The molecule has 7 nitrogen and oxygen atoms in total. The first-order chi connectivity index (χ1) is 11.3. The van der Waals surface area contributed by atoms with Gasteiger partial charge in [0.25, 0.3) is 0 Å². The van der Waals surface area contributed by atoms with E-state index < -0.39 is 18.6 Å². The van der Waals surface area contributed by atoms with Gasteiger partial charge in [0.1, 0.15) is 5.54 Å². The molecule has 1 saturated heterocycles. The molecule has 24 heavy (non-hydrogen) atoms. The predicted octanol–water partition coefficient (Wildman–Crippen LogP) is -0.347. The van der Waals surface area contributed by atoms with E-state index in [1.807, 2.05) is 35.2 Å². The minimum absolute atomic E-state index is 0.206. The van der Waals surface area contributed by atoms with Crippen molar-refractivity contribution >= 4 is 13.1 Å². The predicted molar refractivity (Wildman–Crippen MR) is 92.1 cm³/mol. The fourth-order valence-corrected chi connectivity index (χ4v) is 3.40. The number of hydrogen-bond donors (Lipinski definition) is 5.